The Labute approximate surface area is 187 Å². The summed E-state index contributed by atoms with van der Waals surface area (Å²) in [6, 6.07) is 8.41. The van der Waals surface area contributed by atoms with Crippen LogP contribution >= 0.6 is 23.1 Å². The van der Waals surface area contributed by atoms with Crippen molar-refractivity contribution in [2.24, 2.45) is 0 Å². The Kier molecular flexibility index (Phi) is 6.51. The standard InChI is InChI=1S/C19H19N5O4S3/c1-3-24(4-2)31(25,26)15-7-5-6-13(10-15)18-21-22-19(27-18)30-12-16-20-17(28-23-16)14-8-9-29-11-14/h5-11H,3-4,12H2,1-2H3. The Bertz CT molecular complexity index is 1250. The van der Waals surface area contributed by atoms with Crippen molar-refractivity contribution >= 4 is 33.1 Å². The number of nitrogens with zero attached hydrogens (tertiary/aromatic N) is 5. The molecular weight excluding hydrogens is 458 g/mol. The SMILES string of the molecule is CCN(CC)S(=O)(=O)c1cccc(-c2nnc(SCc3noc(-c4ccsc4)n3)o2)c1. The maximum absolute atomic E-state index is 12.8. The zero-order valence-corrected chi connectivity index (χ0v) is 19.2. The van der Waals surface area contributed by atoms with Gasteiger partial charge in [0.2, 0.25) is 15.9 Å². The summed E-state index contributed by atoms with van der Waals surface area (Å²) >= 11 is 2.83. The van der Waals surface area contributed by atoms with Crippen LogP contribution in [0.3, 0.4) is 0 Å². The molecule has 162 valence electrons. The van der Waals surface area contributed by atoms with Crippen molar-refractivity contribution < 1.29 is 17.4 Å². The predicted octanol–water partition coefficient (Wildman–Crippen LogP) is 4.17. The van der Waals surface area contributed by atoms with Crippen molar-refractivity contribution in [3.63, 3.8) is 0 Å². The second kappa shape index (κ2) is 9.30. The lowest BCUT2D eigenvalue weighted by atomic mass is 10.2. The molecule has 0 bridgehead atoms. The first kappa shape index (κ1) is 21.7. The molecule has 1 aromatic carbocycles. The predicted molar refractivity (Wildman–Crippen MR) is 117 cm³/mol. The van der Waals surface area contributed by atoms with E-state index in [9.17, 15) is 8.42 Å². The van der Waals surface area contributed by atoms with Gasteiger partial charge >= 0.3 is 0 Å². The van der Waals surface area contributed by atoms with Crippen molar-refractivity contribution in [2.75, 3.05) is 13.1 Å². The topological polar surface area (TPSA) is 115 Å². The lowest BCUT2D eigenvalue weighted by Gasteiger charge is -2.18. The van der Waals surface area contributed by atoms with Crippen LogP contribution in [0.4, 0.5) is 0 Å². The van der Waals surface area contributed by atoms with Gasteiger partial charge in [-0.05, 0) is 29.6 Å². The Morgan fingerprint density at radius 2 is 1.94 bits per heavy atom. The summed E-state index contributed by atoms with van der Waals surface area (Å²) in [6.07, 6.45) is 0. The van der Waals surface area contributed by atoms with Gasteiger partial charge in [0, 0.05) is 24.0 Å². The smallest absolute Gasteiger partial charge is 0.277 e. The molecule has 0 amide bonds. The van der Waals surface area contributed by atoms with Crippen LogP contribution in [0.2, 0.25) is 0 Å². The highest BCUT2D eigenvalue weighted by Crippen LogP contribution is 2.28. The fraction of sp³-hybridized carbons (Fsp3) is 0.263. The fourth-order valence-corrected chi connectivity index (χ4v) is 5.57. The maximum atomic E-state index is 12.8. The van der Waals surface area contributed by atoms with E-state index in [2.05, 4.69) is 20.3 Å². The van der Waals surface area contributed by atoms with Crippen molar-refractivity contribution in [3.8, 4) is 22.9 Å². The fourth-order valence-electron chi connectivity index (χ4n) is 2.83. The minimum Gasteiger partial charge on any atom is -0.411 e. The van der Waals surface area contributed by atoms with E-state index in [-0.39, 0.29) is 10.8 Å². The zero-order chi connectivity index (χ0) is 21.8. The highest BCUT2D eigenvalue weighted by atomic mass is 32.2. The molecule has 3 heterocycles. The van der Waals surface area contributed by atoms with Crippen LogP contribution in [-0.2, 0) is 15.8 Å². The van der Waals surface area contributed by atoms with Crippen LogP contribution < -0.4 is 0 Å². The van der Waals surface area contributed by atoms with Gasteiger partial charge in [-0.3, -0.25) is 0 Å². The summed E-state index contributed by atoms with van der Waals surface area (Å²) in [5.74, 6) is 1.62. The summed E-state index contributed by atoms with van der Waals surface area (Å²) in [4.78, 5) is 4.54. The molecule has 0 saturated heterocycles. The first-order chi connectivity index (χ1) is 15.0. The van der Waals surface area contributed by atoms with Crippen molar-refractivity contribution in [2.45, 2.75) is 29.7 Å². The third-order valence-corrected chi connectivity index (χ3v) is 7.94. The van der Waals surface area contributed by atoms with E-state index < -0.39 is 10.0 Å². The van der Waals surface area contributed by atoms with E-state index in [0.717, 1.165) is 5.56 Å². The van der Waals surface area contributed by atoms with Crippen LogP contribution in [0.1, 0.15) is 19.7 Å². The van der Waals surface area contributed by atoms with Gasteiger partial charge in [-0.15, -0.1) is 10.2 Å². The van der Waals surface area contributed by atoms with Gasteiger partial charge in [0.15, 0.2) is 5.82 Å². The molecule has 12 heteroatoms. The second-order valence-corrected chi connectivity index (χ2v) is 9.95. The van der Waals surface area contributed by atoms with Crippen LogP contribution in [0.15, 0.2) is 60.2 Å². The summed E-state index contributed by atoms with van der Waals surface area (Å²) in [5.41, 5.74) is 1.42. The molecule has 3 aromatic heterocycles. The van der Waals surface area contributed by atoms with Gasteiger partial charge in [-0.25, -0.2) is 8.42 Å². The third-order valence-electron chi connectivity index (χ3n) is 4.39. The number of rotatable bonds is 9. The minimum absolute atomic E-state index is 0.189. The number of hydrogen-bond acceptors (Lipinski definition) is 10. The molecule has 0 unspecified atom stereocenters. The molecule has 0 saturated carbocycles. The second-order valence-electron chi connectivity index (χ2n) is 6.31. The highest BCUT2D eigenvalue weighted by Gasteiger charge is 2.22. The van der Waals surface area contributed by atoms with Crippen LogP contribution in [-0.4, -0.2) is 46.2 Å². The monoisotopic (exact) mass is 477 g/mol. The van der Waals surface area contributed by atoms with Crippen molar-refractivity contribution in [3.05, 3.63) is 46.9 Å². The maximum Gasteiger partial charge on any atom is 0.277 e. The molecule has 4 rings (SSSR count). The van der Waals surface area contributed by atoms with E-state index >= 15 is 0 Å². The molecule has 0 aliphatic heterocycles. The summed E-state index contributed by atoms with van der Waals surface area (Å²) < 4.78 is 37.9. The Balaban J connectivity index is 1.47. The van der Waals surface area contributed by atoms with E-state index in [1.807, 2.05) is 16.8 Å². The van der Waals surface area contributed by atoms with E-state index in [4.69, 9.17) is 8.94 Å². The van der Waals surface area contributed by atoms with Gasteiger partial charge in [-0.2, -0.15) is 20.6 Å². The quantitative estimate of drug-likeness (QED) is 0.327. The lowest BCUT2D eigenvalue weighted by Crippen LogP contribution is -2.30. The number of aromatic nitrogens is 4. The summed E-state index contributed by atoms with van der Waals surface area (Å²) in [6.45, 7) is 4.40. The normalized spacial score (nSPS) is 12.0. The molecule has 4 aromatic rings. The van der Waals surface area contributed by atoms with Gasteiger partial charge < -0.3 is 8.94 Å². The van der Waals surface area contributed by atoms with Gasteiger partial charge in [-0.1, -0.05) is 36.8 Å². The van der Waals surface area contributed by atoms with E-state index in [1.165, 1.54) is 16.1 Å². The largest absolute Gasteiger partial charge is 0.411 e. The number of thiophene rings is 1. The zero-order valence-electron chi connectivity index (χ0n) is 16.8. The average Bonchev–Trinajstić information content (AvgIpc) is 3.54. The molecule has 0 radical (unpaired) electrons. The molecule has 9 nitrogen and oxygen atoms in total. The Hall–Kier alpha value is -2.54. The molecule has 0 atom stereocenters. The number of hydrogen-bond donors (Lipinski definition) is 0. The molecule has 31 heavy (non-hydrogen) atoms. The van der Waals surface area contributed by atoms with Gasteiger partial charge in [0.1, 0.15) is 0 Å². The van der Waals surface area contributed by atoms with Gasteiger partial charge in [0.05, 0.1) is 16.2 Å². The first-order valence-corrected chi connectivity index (χ1v) is 12.8. The average molecular weight is 478 g/mol. The molecule has 0 aliphatic rings. The molecule has 0 aliphatic carbocycles. The van der Waals surface area contributed by atoms with Crippen LogP contribution in [0, 0.1) is 0 Å². The molecule has 0 spiro atoms. The molecule has 0 fully saturated rings. The number of benzene rings is 1. The first-order valence-electron chi connectivity index (χ1n) is 9.43. The molecule has 0 N–H and O–H groups in total. The number of sulfonamides is 1. The van der Waals surface area contributed by atoms with Crippen LogP contribution in [0.5, 0.6) is 0 Å². The Morgan fingerprint density at radius 1 is 1.10 bits per heavy atom. The van der Waals surface area contributed by atoms with Crippen molar-refractivity contribution in [1.29, 1.82) is 0 Å². The molecular formula is C19H19N5O4S3. The lowest BCUT2D eigenvalue weighted by molar-refractivity contribution is 0.425. The summed E-state index contributed by atoms with van der Waals surface area (Å²) in [5, 5.41) is 16.2. The van der Waals surface area contributed by atoms with Crippen molar-refractivity contribution in [1.82, 2.24) is 24.6 Å². The van der Waals surface area contributed by atoms with Crippen LogP contribution in [0.25, 0.3) is 22.9 Å². The highest BCUT2D eigenvalue weighted by molar-refractivity contribution is 7.98. The van der Waals surface area contributed by atoms with Gasteiger partial charge in [0.25, 0.3) is 11.1 Å². The van der Waals surface area contributed by atoms with E-state index in [1.54, 1.807) is 49.4 Å². The number of thioether (sulfide) groups is 1. The van der Waals surface area contributed by atoms with E-state index in [0.29, 0.717) is 41.3 Å². The minimum atomic E-state index is -3.58. The summed E-state index contributed by atoms with van der Waals surface area (Å²) in [7, 11) is -3.58. The Morgan fingerprint density at radius 3 is 2.68 bits per heavy atom. The third kappa shape index (κ3) is 4.71.